The largest absolute Gasteiger partial charge is 1.00 e. The maximum absolute atomic E-state index is 10.7. The van der Waals surface area contributed by atoms with Gasteiger partial charge in [-0.15, -0.1) is 0 Å². The van der Waals surface area contributed by atoms with Crippen molar-refractivity contribution in [2.24, 2.45) is 0 Å². The summed E-state index contributed by atoms with van der Waals surface area (Å²) >= 11 is 0. The van der Waals surface area contributed by atoms with Crippen LogP contribution in [0.2, 0.25) is 0 Å². The second-order valence-electron chi connectivity index (χ2n) is 13.0. The summed E-state index contributed by atoms with van der Waals surface area (Å²) in [5.74, 6) is 0. The van der Waals surface area contributed by atoms with Crippen molar-refractivity contribution in [3.63, 3.8) is 0 Å². The van der Waals surface area contributed by atoms with E-state index >= 15 is 0 Å². The molecule has 0 spiro atoms. The summed E-state index contributed by atoms with van der Waals surface area (Å²) in [6.07, 6.45) is 7.18. The van der Waals surface area contributed by atoms with Crippen molar-refractivity contribution >= 4 is 31.5 Å². The smallest absolute Gasteiger partial charge is 1.00 e. The van der Waals surface area contributed by atoms with Crippen LogP contribution in [0.5, 0.6) is 0 Å². The first-order valence-electron chi connectivity index (χ1n) is 11.6. The Morgan fingerprint density at radius 2 is 0.514 bits per heavy atom. The molecular formula is C21H48F12P4. The van der Waals surface area contributed by atoms with Gasteiger partial charge in [-0.2, -0.15) is 0 Å². The Morgan fingerprint density at radius 3 is 0.622 bits per heavy atom. The average molecular weight is 652 g/mol. The number of unbranched alkanes of at least 4 members (excludes halogenated alkanes) is 2. The van der Waals surface area contributed by atoms with Crippen LogP contribution in [0.4, 0.5) is 50.4 Å². The topological polar surface area (TPSA) is 0 Å². The molecule has 16 heteroatoms. The normalized spacial score (nSPS) is 18.0. The van der Waals surface area contributed by atoms with E-state index in [1.807, 2.05) is 0 Å². The van der Waals surface area contributed by atoms with Crippen LogP contribution in [-0.4, -0.2) is 32.9 Å². The number of hydrogen-bond donors (Lipinski definition) is 0. The van der Waals surface area contributed by atoms with Crippen LogP contribution in [-0.2, 0) is 0 Å². The minimum Gasteiger partial charge on any atom is 1.00 e. The Labute approximate surface area is 220 Å². The van der Waals surface area contributed by atoms with E-state index in [-0.39, 0.29) is 18.7 Å². The molecule has 236 valence electrons. The number of hydrogen-bond acceptors (Lipinski definition) is 0. The predicted octanol–water partition coefficient (Wildman–Crippen LogP) is 15.3. The summed E-state index contributed by atoms with van der Waals surface area (Å²) in [5, 5.41) is 1.93. The van der Waals surface area contributed by atoms with Gasteiger partial charge in [0.25, 0.3) is 0 Å². The van der Waals surface area contributed by atoms with E-state index in [1.54, 1.807) is 0 Å². The Kier molecular flexibility index (Phi) is 12.5. The SMILES string of the molecule is CC(C)(C)P(CCCCCP(C(C)(C)C)C(C)(C)C)C(C)(C)C.F[P-](F)(F)(F)(F)F.F[P-](F)(F)(F)(F)F.[H+].[H+]. The number of rotatable bonds is 6. The minimum atomic E-state index is -10.7. The molecule has 0 aromatic carbocycles. The second kappa shape index (κ2) is 10.9. The monoisotopic (exact) mass is 652 g/mol. The van der Waals surface area contributed by atoms with Crippen LogP contribution in [0, 0.1) is 0 Å². The maximum Gasteiger partial charge on any atom is 1.00 e. The first-order chi connectivity index (χ1) is 14.9. The van der Waals surface area contributed by atoms with E-state index in [2.05, 4.69) is 83.1 Å². The Morgan fingerprint density at radius 1 is 0.378 bits per heavy atom. The van der Waals surface area contributed by atoms with Crippen LogP contribution in [0.25, 0.3) is 0 Å². The fraction of sp³-hybridized carbons (Fsp3) is 1.00. The Balaban J connectivity index is -0.000000198. The average Bonchev–Trinajstić information content (AvgIpc) is 2.32. The molecule has 0 atom stereocenters. The van der Waals surface area contributed by atoms with E-state index in [0.29, 0.717) is 20.6 Å². The minimum absolute atomic E-state index is 0. The van der Waals surface area contributed by atoms with Gasteiger partial charge >= 0.3 is 68.8 Å². The third-order valence-corrected chi connectivity index (χ3v) is 12.5. The molecule has 0 nitrogen and oxygen atoms in total. The molecule has 37 heavy (non-hydrogen) atoms. The van der Waals surface area contributed by atoms with Crippen molar-refractivity contribution in [2.75, 3.05) is 12.3 Å². The fourth-order valence-electron chi connectivity index (χ4n) is 4.07. The van der Waals surface area contributed by atoms with Crippen LogP contribution in [0.1, 0.15) is 105 Å². The predicted molar refractivity (Wildman–Crippen MR) is 146 cm³/mol. The molecule has 0 aromatic rings. The third-order valence-electron chi connectivity index (χ3n) is 4.50. The molecular weight excluding hydrogens is 604 g/mol. The molecule has 0 aromatic heterocycles. The molecule has 0 saturated carbocycles. The van der Waals surface area contributed by atoms with E-state index in [4.69, 9.17) is 0 Å². The Bertz CT molecular complexity index is 597. The number of halogens is 12. The summed E-state index contributed by atoms with van der Waals surface area (Å²) in [7, 11) is -21.1. The van der Waals surface area contributed by atoms with Crippen LogP contribution >= 0.6 is 31.5 Å². The molecule has 0 N–H and O–H groups in total. The van der Waals surface area contributed by atoms with E-state index in [0.717, 1.165) is 0 Å². The van der Waals surface area contributed by atoms with E-state index in [1.165, 1.54) is 31.6 Å². The van der Waals surface area contributed by atoms with Gasteiger partial charge in [-0.3, -0.25) is 0 Å². The van der Waals surface area contributed by atoms with E-state index in [9.17, 15) is 50.4 Å². The molecule has 0 aliphatic carbocycles. The molecule has 0 amide bonds. The van der Waals surface area contributed by atoms with Crippen molar-refractivity contribution < 1.29 is 53.2 Å². The maximum atomic E-state index is 9.87. The second-order valence-corrected chi connectivity index (χ2v) is 24.8. The Hall–Kier alpha value is 0.880. The molecule has 0 fully saturated rings. The molecule has 0 heterocycles. The molecule has 0 radical (unpaired) electrons. The van der Waals surface area contributed by atoms with Crippen molar-refractivity contribution in [3.8, 4) is 0 Å². The zero-order valence-electron chi connectivity index (χ0n) is 25.9. The molecule has 0 unspecified atom stereocenters. The molecule has 0 rings (SSSR count). The first-order valence-corrected chi connectivity index (χ1v) is 18.7. The summed E-state index contributed by atoms with van der Waals surface area (Å²) in [6.45, 7) is 29.4. The zero-order chi connectivity index (χ0) is 31.5. The van der Waals surface area contributed by atoms with E-state index < -0.39 is 15.6 Å². The van der Waals surface area contributed by atoms with Gasteiger partial charge in [-0.05, 0) is 45.8 Å². The quantitative estimate of drug-likeness (QED) is 0.152. The first kappa shape index (κ1) is 42.3. The van der Waals surface area contributed by atoms with Gasteiger partial charge < -0.3 is 0 Å². The summed E-state index contributed by atoms with van der Waals surface area (Å²) in [5.41, 5.74) is 0. The van der Waals surface area contributed by atoms with Crippen molar-refractivity contribution in [3.05, 3.63) is 0 Å². The van der Waals surface area contributed by atoms with Gasteiger partial charge in [0, 0.05) is 0 Å². The molecule has 0 saturated heterocycles. The van der Waals surface area contributed by atoms with Crippen LogP contribution in [0.3, 0.4) is 0 Å². The van der Waals surface area contributed by atoms with Crippen LogP contribution in [0.15, 0.2) is 0 Å². The van der Waals surface area contributed by atoms with Crippen molar-refractivity contribution in [1.82, 2.24) is 0 Å². The van der Waals surface area contributed by atoms with Gasteiger partial charge in [0.2, 0.25) is 0 Å². The standard InChI is InChI=1S/C21H46P2.2F6P/c1-18(2,3)22(19(4,5)6)16-14-13-15-17-23(20(7,8)9)21(10,11)12;2*1-7(2,3,4,5)6/h13-17H2,1-12H3;;/q;2*-1/p+2. The fourth-order valence-corrected chi connectivity index (χ4v) is 11.9. The van der Waals surface area contributed by atoms with Gasteiger partial charge in [0.1, 0.15) is 0 Å². The van der Waals surface area contributed by atoms with Gasteiger partial charge in [-0.25, -0.2) is 0 Å². The molecule has 0 bridgehead atoms. The summed E-state index contributed by atoms with van der Waals surface area (Å²) in [6, 6.07) is 0. The van der Waals surface area contributed by atoms with Crippen molar-refractivity contribution in [2.45, 2.75) is 123 Å². The van der Waals surface area contributed by atoms with Gasteiger partial charge in [-0.1, -0.05) is 105 Å². The molecule has 0 aliphatic rings. The third kappa shape index (κ3) is 41.5. The van der Waals surface area contributed by atoms with Crippen molar-refractivity contribution in [1.29, 1.82) is 0 Å². The van der Waals surface area contributed by atoms with Gasteiger partial charge in [0.05, 0.1) is 0 Å². The summed E-state index contributed by atoms with van der Waals surface area (Å²) < 4.78 is 118. The summed E-state index contributed by atoms with van der Waals surface area (Å²) in [4.78, 5) is 0. The molecule has 0 aliphatic heterocycles. The van der Waals surface area contributed by atoms with Crippen LogP contribution < -0.4 is 0 Å². The zero-order valence-corrected chi connectivity index (χ0v) is 27.4. The van der Waals surface area contributed by atoms with Gasteiger partial charge in [0.15, 0.2) is 0 Å².